The number of hydrogen-bond donors (Lipinski definition) is 2. The van der Waals surface area contributed by atoms with Crippen LogP contribution in [0.2, 0.25) is 0 Å². The van der Waals surface area contributed by atoms with Crippen LogP contribution >= 0.6 is 11.9 Å². The first-order valence-electron chi connectivity index (χ1n) is 2.21. The van der Waals surface area contributed by atoms with Crippen LogP contribution in [0.5, 0.6) is 0 Å². The summed E-state index contributed by atoms with van der Waals surface area (Å²) in [6, 6.07) is -0.672. The normalized spacial score (nSPS) is 12.0. The molecule has 4 nitrogen and oxygen atoms in total. The summed E-state index contributed by atoms with van der Waals surface area (Å²) in [6.45, 7) is 1.46. The second-order valence-corrected chi connectivity index (χ2v) is 1.99. The summed E-state index contributed by atoms with van der Waals surface area (Å²) >= 11 is 0.719. The highest BCUT2D eigenvalue weighted by Gasteiger charge is 2.08. The molecule has 1 atom stereocenters. The fourth-order valence-corrected chi connectivity index (χ4v) is 0.495. The van der Waals surface area contributed by atoms with Gasteiger partial charge >= 0.3 is 5.97 Å². The van der Waals surface area contributed by atoms with E-state index >= 15 is 0 Å². The summed E-state index contributed by atoms with van der Waals surface area (Å²) < 4.78 is 2.39. The van der Waals surface area contributed by atoms with Crippen molar-refractivity contribution in [3.05, 3.63) is 0 Å². The molecular weight excluding hydrogens is 140 g/mol. The molecule has 0 aliphatic rings. The molecule has 2 N–H and O–H groups in total. The monoisotopic (exact) mass is 146 g/mol. The van der Waals surface area contributed by atoms with Crippen molar-refractivity contribution in [3.63, 3.8) is 0 Å². The van der Waals surface area contributed by atoms with Gasteiger partial charge in [-0.3, -0.25) is 4.79 Å². The van der Waals surface area contributed by atoms with Crippen LogP contribution in [-0.4, -0.2) is 17.1 Å². The number of nitrogens with one attached hydrogen (secondary N) is 1. The van der Waals surface area contributed by atoms with Gasteiger partial charge in [-0.15, -0.1) is 0 Å². The second kappa shape index (κ2) is 4.18. The number of carbonyl (C=O) groups is 1. The molecule has 0 aromatic rings. The quantitative estimate of drug-likeness (QED) is 0.439. The molecule has 0 radical (unpaired) electrons. The van der Waals surface area contributed by atoms with Crippen molar-refractivity contribution >= 4 is 17.9 Å². The number of nitriles is 1. The zero-order valence-electron chi connectivity index (χ0n) is 4.79. The van der Waals surface area contributed by atoms with Crippen molar-refractivity contribution in [2.24, 2.45) is 0 Å². The highest BCUT2D eigenvalue weighted by atomic mass is 32.2. The van der Waals surface area contributed by atoms with Gasteiger partial charge in [0.15, 0.2) is 0 Å². The Morgan fingerprint density at radius 2 is 2.56 bits per heavy atom. The van der Waals surface area contributed by atoms with Crippen molar-refractivity contribution in [2.45, 2.75) is 13.0 Å². The maximum Gasteiger partial charge on any atom is 0.321 e. The number of rotatable bonds is 3. The Morgan fingerprint density at radius 1 is 2.00 bits per heavy atom. The van der Waals surface area contributed by atoms with Crippen LogP contribution < -0.4 is 4.72 Å². The average molecular weight is 146 g/mol. The summed E-state index contributed by atoms with van der Waals surface area (Å²) in [7, 11) is 0. The molecule has 0 amide bonds. The van der Waals surface area contributed by atoms with E-state index in [-0.39, 0.29) is 0 Å². The molecule has 5 heteroatoms. The molecule has 0 rings (SSSR count). The first-order valence-corrected chi connectivity index (χ1v) is 3.03. The van der Waals surface area contributed by atoms with Gasteiger partial charge in [-0.25, -0.2) is 4.72 Å². The lowest BCUT2D eigenvalue weighted by Crippen LogP contribution is -2.27. The van der Waals surface area contributed by atoms with Crippen molar-refractivity contribution in [2.75, 3.05) is 0 Å². The topological polar surface area (TPSA) is 73.1 Å². The molecular formula is C4H6N2O2S. The Balaban J connectivity index is 3.41. The van der Waals surface area contributed by atoms with Crippen LogP contribution in [0.1, 0.15) is 6.92 Å². The van der Waals surface area contributed by atoms with Gasteiger partial charge in [-0.05, 0) is 6.92 Å². The summed E-state index contributed by atoms with van der Waals surface area (Å²) in [5.41, 5.74) is 0. The first-order chi connectivity index (χ1) is 4.18. The third kappa shape index (κ3) is 3.82. The lowest BCUT2D eigenvalue weighted by atomic mass is 10.4. The Bertz CT molecular complexity index is 142. The Kier molecular flexibility index (Phi) is 3.84. The second-order valence-electron chi connectivity index (χ2n) is 1.37. The minimum atomic E-state index is -0.960. The van der Waals surface area contributed by atoms with Crippen LogP contribution in [0.15, 0.2) is 0 Å². The summed E-state index contributed by atoms with van der Waals surface area (Å²) in [6.07, 6.45) is 0. The van der Waals surface area contributed by atoms with Crippen LogP contribution in [0.25, 0.3) is 0 Å². The molecule has 0 heterocycles. The smallest absolute Gasteiger partial charge is 0.321 e. The van der Waals surface area contributed by atoms with Crippen molar-refractivity contribution in [1.29, 1.82) is 5.26 Å². The van der Waals surface area contributed by atoms with Crippen molar-refractivity contribution < 1.29 is 9.90 Å². The van der Waals surface area contributed by atoms with E-state index in [1.807, 2.05) is 0 Å². The largest absolute Gasteiger partial charge is 0.480 e. The molecule has 1 unspecified atom stereocenters. The highest BCUT2D eigenvalue weighted by Crippen LogP contribution is 1.91. The predicted molar refractivity (Wildman–Crippen MR) is 33.4 cm³/mol. The van der Waals surface area contributed by atoms with Gasteiger partial charge in [-0.2, -0.15) is 5.26 Å². The number of thiocyanates is 1. The number of aliphatic carboxylic acids is 1. The SMILES string of the molecule is CC(NSC#N)C(=O)O. The fourth-order valence-electron chi connectivity index (χ4n) is 0.165. The van der Waals surface area contributed by atoms with Gasteiger partial charge in [0.2, 0.25) is 0 Å². The first kappa shape index (κ1) is 8.27. The van der Waals surface area contributed by atoms with Gasteiger partial charge in [-0.1, -0.05) is 0 Å². The third-order valence-electron chi connectivity index (χ3n) is 0.652. The van der Waals surface area contributed by atoms with Crippen LogP contribution in [-0.2, 0) is 4.79 Å². The van der Waals surface area contributed by atoms with Gasteiger partial charge in [0.1, 0.15) is 11.4 Å². The molecule has 0 aromatic carbocycles. The van der Waals surface area contributed by atoms with E-state index in [0.29, 0.717) is 0 Å². The Morgan fingerprint density at radius 3 is 2.89 bits per heavy atom. The van der Waals surface area contributed by atoms with Gasteiger partial charge in [0.05, 0.1) is 0 Å². The number of nitrogens with zero attached hydrogens (tertiary/aromatic N) is 1. The van der Waals surface area contributed by atoms with Gasteiger partial charge in [0.25, 0.3) is 0 Å². The van der Waals surface area contributed by atoms with E-state index in [1.54, 1.807) is 5.40 Å². The summed E-state index contributed by atoms with van der Waals surface area (Å²) in [5, 5.41) is 17.9. The zero-order valence-corrected chi connectivity index (χ0v) is 5.60. The standard InChI is InChI=1S/C4H6N2O2S/c1-3(4(7)8)6-9-2-5/h3,6H,1H3,(H,7,8). The minimum Gasteiger partial charge on any atom is -0.480 e. The predicted octanol–water partition coefficient (Wildman–Crippen LogP) is 0.178. The van der Waals surface area contributed by atoms with E-state index < -0.39 is 12.0 Å². The average Bonchev–Trinajstić information content (AvgIpc) is 1.82. The van der Waals surface area contributed by atoms with Crippen LogP contribution in [0.3, 0.4) is 0 Å². The molecule has 0 fully saturated rings. The van der Waals surface area contributed by atoms with E-state index in [2.05, 4.69) is 4.72 Å². The molecule has 0 aliphatic carbocycles. The molecule has 0 aliphatic heterocycles. The number of carboxylic acids is 1. The van der Waals surface area contributed by atoms with Crippen molar-refractivity contribution in [1.82, 2.24) is 4.72 Å². The van der Waals surface area contributed by atoms with E-state index in [0.717, 1.165) is 11.9 Å². The number of hydrogen-bond acceptors (Lipinski definition) is 4. The third-order valence-corrected chi connectivity index (χ3v) is 1.21. The lowest BCUT2D eigenvalue weighted by molar-refractivity contribution is -0.138. The van der Waals surface area contributed by atoms with E-state index in [4.69, 9.17) is 10.4 Å². The van der Waals surface area contributed by atoms with Crippen LogP contribution in [0, 0.1) is 10.7 Å². The summed E-state index contributed by atoms with van der Waals surface area (Å²) in [5.74, 6) is -0.960. The molecule has 9 heavy (non-hydrogen) atoms. The summed E-state index contributed by atoms with van der Waals surface area (Å²) in [4.78, 5) is 10.0. The van der Waals surface area contributed by atoms with E-state index in [9.17, 15) is 4.79 Å². The lowest BCUT2D eigenvalue weighted by Gasteiger charge is -2.01. The maximum atomic E-state index is 10.0. The van der Waals surface area contributed by atoms with E-state index in [1.165, 1.54) is 6.92 Å². The fraction of sp³-hybridized carbons (Fsp3) is 0.500. The molecule has 0 aromatic heterocycles. The molecule has 0 saturated heterocycles. The van der Waals surface area contributed by atoms with Crippen LogP contribution in [0.4, 0.5) is 0 Å². The minimum absolute atomic E-state index is 0.672. The zero-order chi connectivity index (χ0) is 7.28. The maximum absolute atomic E-state index is 10.0. The highest BCUT2D eigenvalue weighted by molar-refractivity contribution is 8.01. The molecule has 0 saturated carbocycles. The molecule has 0 bridgehead atoms. The van der Waals surface area contributed by atoms with Crippen molar-refractivity contribution in [3.8, 4) is 5.40 Å². The number of carboxylic acid groups (broad SMARTS) is 1. The van der Waals surface area contributed by atoms with Gasteiger partial charge < -0.3 is 5.11 Å². The molecule has 50 valence electrons. The molecule has 0 spiro atoms. The Labute approximate surface area is 57.0 Å². The Hall–Kier alpha value is -0.730. The van der Waals surface area contributed by atoms with Gasteiger partial charge in [0, 0.05) is 11.9 Å².